The Morgan fingerprint density at radius 2 is 1.18 bits per heavy atom. The molecule has 0 bridgehead atoms. The third kappa shape index (κ3) is 9.93. The summed E-state index contributed by atoms with van der Waals surface area (Å²) in [6.45, 7) is 8.59. The van der Waals surface area contributed by atoms with Crippen molar-refractivity contribution in [2.24, 2.45) is 16.6 Å². The van der Waals surface area contributed by atoms with Gasteiger partial charge in [0.05, 0.1) is 27.6 Å². The molecule has 0 fully saturated rings. The number of nitrogens with zero attached hydrogens (tertiary/aromatic N) is 6. The van der Waals surface area contributed by atoms with Gasteiger partial charge in [0.25, 0.3) is 0 Å². The summed E-state index contributed by atoms with van der Waals surface area (Å²) in [6.07, 6.45) is 9.14. The number of benzene rings is 8. The first-order valence-electron chi connectivity index (χ1n) is 26.5. The van der Waals surface area contributed by atoms with Crippen LogP contribution in [0.1, 0.15) is 55.9 Å². The highest BCUT2D eigenvalue weighted by molar-refractivity contribution is 6.25. The highest BCUT2D eigenvalue weighted by atomic mass is 15.2. The van der Waals surface area contributed by atoms with E-state index in [4.69, 9.17) is 15.7 Å². The van der Waals surface area contributed by atoms with Crippen molar-refractivity contribution in [2.45, 2.75) is 40.5 Å². The van der Waals surface area contributed by atoms with Gasteiger partial charge in [-0.15, -0.1) is 0 Å². The van der Waals surface area contributed by atoms with Gasteiger partial charge in [-0.05, 0) is 78.9 Å². The molecule has 77 heavy (non-hydrogen) atoms. The molecule has 8 heteroatoms. The van der Waals surface area contributed by atoms with Crippen LogP contribution in [0.15, 0.2) is 248 Å². The minimum Gasteiger partial charge on any atom is -0.383 e. The zero-order valence-corrected chi connectivity index (χ0v) is 43.8. The SMILES string of the molecule is CC1C=CC(c2cc(-c3ccccc3)nc(-n3c4ccccc4c4ccc5c(c6c(nc(-c7ccccc7)n6-c6ccccc6)n5-c5cccc(C(=N)N=C(N)c6ccccc6)c5)c43)c2)=CC1.CCC.Cc1ccccc1. The van der Waals surface area contributed by atoms with Crippen LogP contribution in [0.5, 0.6) is 0 Å². The molecule has 0 spiro atoms. The second-order valence-electron chi connectivity index (χ2n) is 19.5. The summed E-state index contributed by atoms with van der Waals surface area (Å²) >= 11 is 0. The monoisotopic (exact) mass is 1000 g/mol. The number of imidazole rings is 1. The summed E-state index contributed by atoms with van der Waals surface area (Å²) < 4.78 is 6.90. The Labute approximate surface area is 450 Å². The van der Waals surface area contributed by atoms with Crippen molar-refractivity contribution in [3.8, 4) is 39.8 Å². The summed E-state index contributed by atoms with van der Waals surface area (Å²) in [6, 6.07) is 76.7. The van der Waals surface area contributed by atoms with Crippen LogP contribution in [0.3, 0.4) is 0 Å². The Hall–Kier alpha value is -9.66. The molecule has 0 saturated heterocycles. The Morgan fingerprint density at radius 3 is 1.84 bits per heavy atom. The molecule has 1 atom stereocenters. The summed E-state index contributed by atoms with van der Waals surface area (Å²) in [7, 11) is 0. The summed E-state index contributed by atoms with van der Waals surface area (Å²) in [5.74, 6) is 2.47. The minimum absolute atomic E-state index is 0.0655. The van der Waals surface area contributed by atoms with E-state index in [1.54, 1.807) is 0 Å². The molecule has 0 radical (unpaired) electrons. The molecule has 1 aliphatic carbocycles. The van der Waals surface area contributed by atoms with Gasteiger partial charge < -0.3 is 5.73 Å². The maximum absolute atomic E-state index is 9.18. The fourth-order valence-corrected chi connectivity index (χ4v) is 10.2. The van der Waals surface area contributed by atoms with Gasteiger partial charge in [0.1, 0.15) is 23.0 Å². The first kappa shape index (κ1) is 49.5. The van der Waals surface area contributed by atoms with Crippen molar-refractivity contribution in [1.29, 1.82) is 5.41 Å². The van der Waals surface area contributed by atoms with Crippen molar-refractivity contribution < 1.29 is 0 Å². The number of aromatic nitrogens is 5. The summed E-state index contributed by atoms with van der Waals surface area (Å²) in [5, 5.41) is 12.4. The molecule has 0 aliphatic heterocycles. The number of amidine groups is 2. The minimum atomic E-state index is 0.0655. The number of nitrogens with one attached hydrogen (secondary N) is 1. The molecule has 376 valence electrons. The van der Waals surface area contributed by atoms with E-state index in [-0.39, 0.29) is 11.7 Å². The summed E-state index contributed by atoms with van der Waals surface area (Å²) in [4.78, 5) is 15.7. The van der Waals surface area contributed by atoms with E-state index < -0.39 is 0 Å². The number of nitrogens with two attached hydrogens (primary N) is 1. The normalized spacial score (nSPS) is 13.3. The average molecular weight is 1000 g/mol. The highest BCUT2D eigenvalue weighted by Gasteiger charge is 2.28. The molecule has 4 aromatic heterocycles. The number of aliphatic imine (C=N–C) groups is 1. The van der Waals surface area contributed by atoms with Gasteiger partial charge >= 0.3 is 0 Å². The second-order valence-corrected chi connectivity index (χ2v) is 19.5. The molecule has 0 amide bonds. The van der Waals surface area contributed by atoms with Gasteiger partial charge in [-0.25, -0.2) is 15.0 Å². The van der Waals surface area contributed by atoms with Crippen molar-refractivity contribution in [3.05, 3.63) is 265 Å². The van der Waals surface area contributed by atoms with Crippen LogP contribution in [0.4, 0.5) is 0 Å². The number of aryl methyl sites for hydroxylation is 1. The van der Waals surface area contributed by atoms with Crippen LogP contribution >= 0.6 is 0 Å². The number of fused-ring (bicyclic) bond motifs is 7. The van der Waals surface area contributed by atoms with Gasteiger partial charge in [0.15, 0.2) is 11.5 Å². The smallest absolute Gasteiger partial charge is 0.165 e. The lowest BCUT2D eigenvalue weighted by atomic mass is 9.94. The van der Waals surface area contributed by atoms with Crippen molar-refractivity contribution in [3.63, 3.8) is 0 Å². The van der Waals surface area contributed by atoms with Crippen LogP contribution in [0.2, 0.25) is 0 Å². The number of para-hydroxylation sites is 2. The fourth-order valence-electron chi connectivity index (χ4n) is 10.2. The molecule has 8 nitrogen and oxygen atoms in total. The lowest BCUT2D eigenvalue weighted by Gasteiger charge is -2.16. The molecule has 13 rings (SSSR count). The molecule has 8 aromatic carbocycles. The third-order valence-corrected chi connectivity index (χ3v) is 13.8. The van der Waals surface area contributed by atoms with Gasteiger partial charge in [-0.3, -0.25) is 19.1 Å². The average Bonchev–Trinajstić information content (AvgIpc) is 4.21. The molecule has 4 heterocycles. The van der Waals surface area contributed by atoms with Gasteiger partial charge in [0.2, 0.25) is 0 Å². The Kier molecular flexibility index (Phi) is 14.2. The van der Waals surface area contributed by atoms with Gasteiger partial charge in [-0.2, -0.15) is 0 Å². The van der Waals surface area contributed by atoms with Gasteiger partial charge in [0, 0.05) is 44.4 Å². The Balaban J connectivity index is 0.000000575. The number of allylic oxidation sites excluding steroid dienone is 4. The van der Waals surface area contributed by atoms with Crippen LogP contribution < -0.4 is 5.73 Å². The predicted octanol–water partition coefficient (Wildman–Crippen LogP) is 16.9. The van der Waals surface area contributed by atoms with Crippen LogP contribution in [0, 0.1) is 18.3 Å². The molecule has 0 saturated carbocycles. The third-order valence-electron chi connectivity index (χ3n) is 13.8. The number of hydrogen-bond acceptors (Lipinski definition) is 3. The molecular formula is C69H60N8. The Morgan fingerprint density at radius 1 is 0.571 bits per heavy atom. The van der Waals surface area contributed by atoms with Crippen LogP contribution in [-0.4, -0.2) is 35.3 Å². The number of rotatable bonds is 8. The Bertz CT molecular complexity index is 4150. The van der Waals surface area contributed by atoms with E-state index in [2.05, 4.69) is 204 Å². The van der Waals surface area contributed by atoms with Crippen molar-refractivity contribution in [1.82, 2.24) is 23.7 Å². The van der Waals surface area contributed by atoms with E-state index in [0.717, 1.165) is 101 Å². The lowest BCUT2D eigenvalue weighted by Crippen LogP contribution is -2.15. The molecule has 1 aliphatic rings. The standard InChI is InChI=1S/C59H44N8.C7H8.C3H8/c1-38-29-31-39(32-30-38)44-36-49(40-17-6-2-7-18-40)62-52(37-44)67-50-28-15-14-27-47(50)48-33-34-51-53(54(48)67)55-59(64-58(42-21-10-4-11-22-42)66(55)45-24-12-5-13-25-45)65(51)46-26-16-23-43(35-46)57(61)63-56(60)41-19-8-3-9-20-41;1-7-5-3-2-4-6-7;1-3-2/h2-29,31-38H,30H2,1H3,(H3,60,61,63);2-6H,1H3;3H2,1-2H3. The predicted molar refractivity (Wildman–Crippen MR) is 323 cm³/mol. The van der Waals surface area contributed by atoms with Crippen molar-refractivity contribution in [2.75, 3.05) is 0 Å². The fraction of sp³-hybridized carbons (Fsp3) is 0.101. The first-order valence-corrected chi connectivity index (χ1v) is 26.5. The second kappa shape index (κ2) is 22.0. The largest absolute Gasteiger partial charge is 0.383 e. The van der Waals surface area contributed by atoms with E-state index in [1.807, 2.05) is 84.9 Å². The van der Waals surface area contributed by atoms with E-state index in [1.165, 1.54) is 17.6 Å². The zero-order chi connectivity index (χ0) is 52.8. The quantitative estimate of drug-likeness (QED) is 0.117. The molecule has 3 N–H and O–H groups in total. The van der Waals surface area contributed by atoms with E-state index >= 15 is 0 Å². The molecule has 1 unspecified atom stereocenters. The topological polar surface area (TPSA) is 103 Å². The summed E-state index contributed by atoms with van der Waals surface area (Å²) in [5.41, 5.74) is 21.0. The van der Waals surface area contributed by atoms with Crippen LogP contribution in [0.25, 0.3) is 89.3 Å². The zero-order valence-electron chi connectivity index (χ0n) is 43.8. The maximum Gasteiger partial charge on any atom is 0.165 e. The van der Waals surface area contributed by atoms with Gasteiger partial charge in [-0.1, -0.05) is 227 Å². The van der Waals surface area contributed by atoms with E-state index in [9.17, 15) is 5.41 Å². The van der Waals surface area contributed by atoms with Crippen molar-refractivity contribution >= 4 is 61.1 Å². The molecule has 12 aromatic rings. The molecular weight excluding hydrogens is 941 g/mol. The van der Waals surface area contributed by atoms with E-state index in [0.29, 0.717) is 11.5 Å². The van der Waals surface area contributed by atoms with Crippen LogP contribution in [-0.2, 0) is 0 Å². The number of pyridine rings is 1. The first-order chi connectivity index (χ1) is 37.8. The number of hydrogen-bond donors (Lipinski definition) is 2. The lowest BCUT2D eigenvalue weighted by molar-refractivity contribution is 0.739. The highest BCUT2D eigenvalue weighted by Crippen LogP contribution is 2.44. The maximum atomic E-state index is 9.18.